The van der Waals surface area contributed by atoms with Crippen molar-refractivity contribution in [2.75, 3.05) is 0 Å². The van der Waals surface area contributed by atoms with Crippen molar-refractivity contribution in [2.24, 2.45) is 5.73 Å². The number of phenols is 1. The van der Waals surface area contributed by atoms with Gasteiger partial charge in [0, 0.05) is 16.1 Å². The molecule has 0 aromatic heterocycles. The summed E-state index contributed by atoms with van der Waals surface area (Å²) in [6.07, 6.45) is 2.53. The fourth-order valence-corrected chi connectivity index (χ4v) is 1.98. The molecule has 0 unspecified atom stereocenters. The number of halogens is 2. The van der Waals surface area contributed by atoms with Crippen LogP contribution in [0.5, 0.6) is 5.75 Å². The molecular formula is C10H11ClFNO. The molecule has 1 aromatic rings. The van der Waals surface area contributed by atoms with E-state index in [1.54, 1.807) is 6.07 Å². The minimum Gasteiger partial charge on any atom is -0.505 e. The molecule has 1 aromatic carbocycles. The Bertz CT molecular complexity index is 377. The van der Waals surface area contributed by atoms with Crippen LogP contribution in [0, 0.1) is 5.82 Å². The largest absolute Gasteiger partial charge is 0.505 e. The second-order valence-electron chi connectivity index (χ2n) is 3.79. The molecule has 76 valence electrons. The van der Waals surface area contributed by atoms with Gasteiger partial charge in [-0.2, -0.15) is 0 Å². The summed E-state index contributed by atoms with van der Waals surface area (Å²) in [6, 6.07) is 2.63. The molecule has 1 aliphatic carbocycles. The van der Waals surface area contributed by atoms with Crippen LogP contribution in [0.4, 0.5) is 4.39 Å². The van der Waals surface area contributed by atoms with Crippen LogP contribution in [0.25, 0.3) is 0 Å². The average Bonchev–Trinajstić information content (AvgIpc) is 2.07. The maximum atomic E-state index is 13.1. The number of aromatic hydroxyl groups is 1. The van der Waals surface area contributed by atoms with E-state index in [1.165, 1.54) is 0 Å². The first-order valence-electron chi connectivity index (χ1n) is 4.50. The highest BCUT2D eigenvalue weighted by atomic mass is 35.5. The molecule has 2 nitrogen and oxygen atoms in total. The van der Waals surface area contributed by atoms with Crippen molar-refractivity contribution in [1.29, 1.82) is 0 Å². The van der Waals surface area contributed by atoms with Crippen LogP contribution in [-0.2, 0) is 5.54 Å². The molecule has 0 heterocycles. The SMILES string of the molecule is NC1(c2cc(Cl)cc(F)c2O)CCC1. The number of hydrogen-bond acceptors (Lipinski definition) is 2. The van der Waals surface area contributed by atoms with Gasteiger partial charge >= 0.3 is 0 Å². The van der Waals surface area contributed by atoms with Crippen molar-refractivity contribution in [3.8, 4) is 5.75 Å². The Labute approximate surface area is 86.5 Å². The van der Waals surface area contributed by atoms with Gasteiger partial charge in [-0.05, 0) is 31.4 Å². The van der Waals surface area contributed by atoms with Gasteiger partial charge in [0.2, 0.25) is 0 Å². The second-order valence-corrected chi connectivity index (χ2v) is 4.23. The molecule has 0 radical (unpaired) electrons. The van der Waals surface area contributed by atoms with Gasteiger partial charge in [0.25, 0.3) is 0 Å². The Morgan fingerprint density at radius 3 is 2.57 bits per heavy atom. The Morgan fingerprint density at radius 1 is 1.43 bits per heavy atom. The molecule has 2 rings (SSSR count). The third-order valence-electron chi connectivity index (χ3n) is 2.81. The fraction of sp³-hybridized carbons (Fsp3) is 0.400. The summed E-state index contributed by atoms with van der Waals surface area (Å²) in [5.41, 5.74) is 5.81. The van der Waals surface area contributed by atoms with Crippen LogP contribution in [-0.4, -0.2) is 5.11 Å². The maximum Gasteiger partial charge on any atom is 0.166 e. The molecule has 3 N–H and O–H groups in total. The lowest BCUT2D eigenvalue weighted by atomic mass is 9.72. The van der Waals surface area contributed by atoms with Gasteiger partial charge in [-0.3, -0.25) is 0 Å². The van der Waals surface area contributed by atoms with Gasteiger partial charge in [-0.15, -0.1) is 0 Å². The molecule has 14 heavy (non-hydrogen) atoms. The summed E-state index contributed by atoms with van der Waals surface area (Å²) in [7, 11) is 0. The monoisotopic (exact) mass is 215 g/mol. The number of phenolic OH excluding ortho intramolecular Hbond substituents is 1. The normalized spacial score (nSPS) is 19.1. The van der Waals surface area contributed by atoms with Crippen molar-refractivity contribution in [3.05, 3.63) is 28.5 Å². The summed E-state index contributed by atoms with van der Waals surface area (Å²) in [5, 5.41) is 9.78. The Balaban J connectivity index is 2.51. The zero-order valence-corrected chi connectivity index (χ0v) is 8.31. The summed E-state index contributed by atoms with van der Waals surface area (Å²) >= 11 is 5.70. The van der Waals surface area contributed by atoms with Crippen LogP contribution in [0.3, 0.4) is 0 Å². The predicted octanol–water partition coefficient (Wildman–Crippen LogP) is 2.52. The Kier molecular flexibility index (Phi) is 2.16. The summed E-state index contributed by atoms with van der Waals surface area (Å²) in [6.45, 7) is 0. The highest BCUT2D eigenvalue weighted by Gasteiger charge is 2.37. The Hall–Kier alpha value is -0.800. The summed E-state index contributed by atoms with van der Waals surface area (Å²) in [5.74, 6) is -1.07. The van der Waals surface area contributed by atoms with Crippen LogP contribution in [0.2, 0.25) is 5.02 Å². The van der Waals surface area contributed by atoms with E-state index in [0.717, 1.165) is 25.3 Å². The third-order valence-corrected chi connectivity index (χ3v) is 3.03. The number of nitrogens with two attached hydrogens (primary N) is 1. The van der Waals surface area contributed by atoms with Crippen LogP contribution in [0.15, 0.2) is 12.1 Å². The lowest BCUT2D eigenvalue weighted by molar-refractivity contribution is 0.243. The quantitative estimate of drug-likeness (QED) is 0.756. The van der Waals surface area contributed by atoms with Crippen molar-refractivity contribution in [2.45, 2.75) is 24.8 Å². The van der Waals surface area contributed by atoms with E-state index >= 15 is 0 Å². The third kappa shape index (κ3) is 1.37. The van der Waals surface area contributed by atoms with Crippen molar-refractivity contribution >= 4 is 11.6 Å². The molecule has 0 amide bonds. The van der Waals surface area contributed by atoms with E-state index in [4.69, 9.17) is 17.3 Å². The summed E-state index contributed by atoms with van der Waals surface area (Å²) < 4.78 is 13.1. The molecule has 0 saturated heterocycles. The predicted molar refractivity (Wildman–Crippen MR) is 52.8 cm³/mol. The van der Waals surface area contributed by atoms with Crippen molar-refractivity contribution < 1.29 is 9.50 Å². The molecular weight excluding hydrogens is 205 g/mol. The zero-order valence-electron chi connectivity index (χ0n) is 7.56. The first kappa shape index (κ1) is 9.74. The van der Waals surface area contributed by atoms with E-state index in [2.05, 4.69) is 0 Å². The summed E-state index contributed by atoms with van der Waals surface area (Å²) in [4.78, 5) is 0. The molecule has 0 spiro atoms. The molecule has 0 atom stereocenters. The maximum absolute atomic E-state index is 13.1. The lowest BCUT2D eigenvalue weighted by Gasteiger charge is -2.38. The van der Waals surface area contributed by atoms with E-state index in [9.17, 15) is 9.50 Å². The van der Waals surface area contributed by atoms with Crippen molar-refractivity contribution in [1.82, 2.24) is 0 Å². The van der Waals surface area contributed by atoms with Gasteiger partial charge in [0.15, 0.2) is 11.6 Å². The lowest BCUT2D eigenvalue weighted by Crippen LogP contribution is -2.43. The second kappa shape index (κ2) is 3.11. The number of rotatable bonds is 1. The van der Waals surface area contributed by atoms with Gasteiger partial charge in [-0.25, -0.2) is 4.39 Å². The molecule has 1 saturated carbocycles. The fourth-order valence-electron chi connectivity index (χ4n) is 1.77. The number of hydrogen-bond donors (Lipinski definition) is 2. The highest BCUT2D eigenvalue weighted by molar-refractivity contribution is 6.30. The first-order valence-corrected chi connectivity index (χ1v) is 4.88. The minimum atomic E-state index is -0.704. The van der Waals surface area contributed by atoms with Crippen LogP contribution >= 0.6 is 11.6 Å². The van der Waals surface area contributed by atoms with E-state index in [0.29, 0.717) is 5.56 Å². The van der Waals surface area contributed by atoms with Crippen LogP contribution < -0.4 is 5.73 Å². The van der Waals surface area contributed by atoms with Gasteiger partial charge in [0.1, 0.15) is 0 Å². The number of benzene rings is 1. The van der Waals surface area contributed by atoms with Gasteiger partial charge in [0.05, 0.1) is 0 Å². The smallest absolute Gasteiger partial charge is 0.166 e. The topological polar surface area (TPSA) is 46.2 Å². The minimum absolute atomic E-state index is 0.270. The van der Waals surface area contributed by atoms with Crippen molar-refractivity contribution in [3.63, 3.8) is 0 Å². The van der Waals surface area contributed by atoms with Gasteiger partial charge in [-0.1, -0.05) is 11.6 Å². The first-order chi connectivity index (χ1) is 6.53. The molecule has 1 aliphatic rings. The van der Waals surface area contributed by atoms with Crippen LogP contribution in [0.1, 0.15) is 24.8 Å². The standard InChI is InChI=1S/C10H11ClFNO/c11-6-4-7(9(14)8(12)5-6)10(13)2-1-3-10/h4-5,14H,1-3,13H2. The van der Waals surface area contributed by atoms with E-state index < -0.39 is 11.4 Å². The molecule has 0 bridgehead atoms. The van der Waals surface area contributed by atoms with E-state index in [-0.39, 0.29) is 10.8 Å². The Morgan fingerprint density at radius 2 is 2.07 bits per heavy atom. The zero-order chi connectivity index (χ0) is 10.3. The van der Waals surface area contributed by atoms with Gasteiger partial charge < -0.3 is 10.8 Å². The average molecular weight is 216 g/mol. The highest BCUT2D eigenvalue weighted by Crippen LogP contribution is 2.44. The van der Waals surface area contributed by atoms with E-state index in [1.807, 2.05) is 0 Å². The molecule has 4 heteroatoms. The molecule has 1 fully saturated rings. The molecule has 0 aliphatic heterocycles.